The van der Waals surface area contributed by atoms with Crippen molar-refractivity contribution in [1.29, 1.82) is 0 Å². The van der Waals surface area contributed by atoms with Gasteiger partial charge < -0.3 is 19.7 Å². The number of hydrogen-bond acceptors (Lipinski definition) is 3. The molecule has 0 unspecified atom stereocenters. The van der Waals surface area contributed by atoms with Crippen LogP contribution in [0, 0.1) is 6.92 Å². The van der Waals surface area contributed by atoms with Gasteiger partial charge in [0.15, 0.2) is 0 Å². The second-order valence-electron chi connectivity index (χ2n) is 7.90. The van der Waals surface area contributed by atoms with E-state index in [1.54, 1.807) is 7.11 Å². The summed E-state index contributed by atoms with van der Waals surface area (Å²) >= 11 is 0. The van der Waals surface area contributed by atoms with Crippen molar-refractivity contribution in [2.75, 3.05) is 13.7 Å². The van der Waals surface area contributed by atoms with E-state index in [9.17, 15) is 9.90 Å². The van der Waals surface area contributed by atoms with Crippen LogP contribution in [0.5, 0.6) is 5.75 Å². The Morgan fingerprint density at radius 2 is 1.66 bits per heavy atom. The highest BCUT2D eigenvalue weighted by Crippen LogP contribution is 2.28. The lowest BCUT2D eigenvalue weighted by Gasteiger charge is -2.12. The second kappa shape index (κ2) is 9.71. The number of carboxylic acids is 1. The molecular weight excluding hydrogens is 400 g/mol. The molecule has 4 aromatic rings. The van der Waals surface area contributed by atoms with Gasteiger partial charge in [-0.25, -0.2) is 4.79 Å². The van der Waals surface area contributed by atoms with Gasteiger partial charge in [0.2, 0.25) is 0 Å². The van der Waals surface area contributed by atoms with E-state index >= 15 is 0 Å². The van der Waals surface area contributed by atoms with Gasteiger partial charge in [-0.05, 0) is 48.7 Å². The molecule has 0 bridgehead atoms. The molecule has 0 aliphatic heterocycles. The van der Waals surface area contributed by atoms with E-state index in [-0.39, 0.29) is 0 Å². The van der Waals surface area contributed by atoms with Crippen LogP contribution in [0.1, 0.15) is 32.7 Å². The van der Waals surface area contributed by atoms with Crippen molar-refractivity contribution in [3.63, 3.8) is 0 Å². The number of hydrogen-bond donors (Lipinski definition) is 2. The summed E-state index contributed by atoms with van der Waals surface area (Å²) in [6.45, 7) is 3.78. The van der Waals surface area contributed by atoms with Gasteiger partial charge in [-0.15, -0.1) is 0 Å². The lowest BCUT2D eigenvalue weighted by molar-refractivity contribution is 0.0684. The van der Waals surface area contributed by atoms with Crippen LogP contribution in [0.15, 0.2) is 72.8 Å². The molecule has 3 aromatic carbocycles. The second-order valence-corrected chi connectivity index (χ2v) is 7.90. The quantitative estimate of drug-likeness (QED) is 0.367. The number of carboxylic acid groups (broad SMARTS) is 1. The zero-order valence-electron chi connectivity index (χ0n) is 18.5. The minimum Gasteiger partial charge on any atom is -0.496 e. The molecule has 0 fully saturated rings. The van der Waals surface area contributed by atoms with E-state index in [0.29, 0.717) is 18.8 Å². The lowest BCUT2D eigenvalue weighted by Crippen LogP contribution is -2.20. The molecule has 2 N–H and O–H groups in total. The molecule has 5 nitrogen and oxygen atoms in total. The van der Waals surface area contributed by atoms with E-state index < -0.39 is 5.97 Å². The van der Waals surface area contributed by atoms with Crippen molar-refractivity contribution in [2.45, 2.75) is 26.4 Å². The van der Waals surface area contributed by atoms with Crippen LogP contribution in [0.2, 0.25) is 0 Å². The van der Waals surface area contributed by atoms with Gasteiger partial charge in [0.25, 0.3) is 0 Å². The van der Waals surface area contributed by atoms with E-state index in [4.69, 9.17) is 4.74 Å². The first-order valence-corrected chi connectivity index (χ1v) is 10.8. The summed E-state index contributed by atoms with van der Waals surface area (Å²) in [7, 11) is 1.68. The highest BCUT2D eigenvalue weighted by atomic mass is 16.5. The van der Waals surface area contributed by atoms with Crippen molar-refractivity contribution in [1.82, 2.24) is 9.88 Å². The summed E-state index contributed by atoms with van der Waals surface area (Å²) in [5.74, 6) is -0.0355. The maximum Gasteiger partial charge on any atom is 0.352 e. The average molecular weight is 429 g/mol. The summed E-state index contributed by atoms with van der Waals surface area (Å²) in [6.07, 6.45) is 0.800. The number of methoxy groups -OCH3 is 1. The van der Waals surface area contributed by atoms with Gasteiger partial charge in [0, 0.05) is 29.6 Å². The molecule has 164 valence electrons. The first kappa shape index (κ1) is 21.7. The predicted octanol–water partition coefficient (Wildman–Crippen LogP) is 5.04. The van der Waals surface area contributed by atoms with E-state index in [0.717, 1.165) is 51.9 Å². The third kappa shape index (κ3) is 4.39. The molecule has 0 saturated carbocycles. The Morgan fingerprint density at radius 3 is 2.41 bits per heavy atom. The van der Waals surface area contributed by atoms with Crippen LogP contribution in [-0.2, 0) is 19.5 Å². The maximum atomic E-state index is 12.4. The molecule has 0 saturated heterocycles. The summed E-state index contributed by atoms with van der Waals surface area (Å²) in [5.41, 5.74) is 5.50. The third-order valence-electron chi connectivity index (χ3n) is 5.93. The molecule has 4 rings (SSSR count). The first-order valence-electron chi connectivity index (χ1n) is 10.8. The van der Waals surface area contributed by atoms with E-state index in [1.165, 1.54) is 0 Å². The minimum absolute atomic E-state index is 0.347. The Hall–Kier alpha value is -3.57. The van der Waals surface area contributed by atoms with Gasteiger partial charge in [-0.1, -0.05) is 60.7 Å². The minimum atomic E-state index is -0.906. The Bertz CT molecular complexity index is 1240. The number of aromatic nitrogens is 1. The number of benzene rings is 3. The zero-order valence-corrected chi connectivity index (χ0v) is 18.5. The summed E-state index contributed by atoms with van der Waals surface area (Å²) < 4.78 is 7.36. The Kier molecular flexibility index (Phi) is 6.57. The van der Waals surface area contributed by atoms with Crippen LogP contribution in [0.25, 0.3) is 10.9 Å². The summed E-state index contributed by atoms with van der Waals surface area (Å²) in [5, 5.41) is 14.6. The highest BCUT2D eigenvalue weighted by molar-refractivity contribution is 5.98. The smallest absolute Gasteiger partial charge is 0.352 e. The zero-order chi connectivity index (χ0) is 22.5. The van der Waals surface area contributed by atoms with Gasteiger partial charge in [0.1, 0.15) is 11.4 Å². The molecule has 32 heavy (non-hydrogen) atoms. The first-order chi connectivity index (χ1) is 15.6. The third-order valence-corrected chi connectivity index (χ3v) is 5.93. The van der Waals surface area contributed by atoms with E-state index in [1.807, 2.05) is 59.2 Å². The molecule has 0 atom stereocenters. The number of rotatable bonds is 9. The molecule has 0 aliphatic rings. The SMILES string of the molecule is COc1ccccc1CCNCc1c(C(=O)O)n(Cc2ccccc2C)c2ccccc12. The number of nitrogens with zero attached hydrogens (tertiary/aromatic N) is 1. The van der Waals surface area contributed by atoms with Crippen LogP contribution in [-0.4, -0.2) is 29.3 Å². The van der Waals surface area contributed by atoms with Gasteiger partial charge >= 0.3 is 5.97 Å². The number of para-hydroxylation sites is 2. The van der Waals surface area contributed by atoms with Crippen molar-refractivity contribution in [3.05, 3.63) is 101 Å². The lowest BCUT2D eigenvalue weighted by atomic mass is 10.1. The number of nitrogens with one attached hydrogen (secondary N) is 1. The Morgan fingerprint density at radius 1 is 0.969 bits per heavy atom. The predicted molar refractivity (Wildman–Crippen MR) is 128 cm³/mol. The maximum absolute atomic E-state index is 12.4. The average Bonchev–Trinajstić information content (AvgIpc) is 3.12. The van der Waals surface area contributed by atoms with Crippen molar-refractivity contribution in [2.24, 2.45) is 0 Å². The van der Waals surface area contributed by atoms with Crippen LogP contribution in [0.3, 0.4) is 0 Å². The number of fused-ring (bicyclic) bond motifs is 1. The number of aryl methyl sites for hydroxylation is 1. The highest BCUT2D eigenvalue weighted by Gasteiger charge is 2.22. The van der Waals surface area contributed by atoms with Crippen LogP contribution in [0.4, 0.5) is 0 Å². The Balaban J connectivity index is 1.62. The number of aromatic carboxylic acids is 1. The molecule has 0 spiro atoms. The molecule has 0 amide bonds. The number of carbonyl (C=O) groups is 1. The fourth-order valence-corrected chi connectivity index (χ4v) is 4.27. The molecule has 0 aliphatic carbocycles. The summed E-state index contributed by atoms with van der Waals surface area (Å²) in [6, 6.07) is 24.0. The molecule has 0 radical (unpaired) electrons. The van der Waals surface area contributed by atoms with Gasteiger partial charge in [0.05, 0.1) is 7.11 Å². The Labute approximate surface area is 188 Å². The molecule has 5 heteroatoms. The fraction of sp³-hybridized carbons (Fsp3) is 0.222. The van der Waals surface area contributed by atoms with Crippen molar-refractivity contribution in [3.8, 4) is 5.75 Å². The number of ether oxygens (including phenoxy) is 1. The van der Waals surface area contributed by atoms with Crippen LogP contribution >= 0.6 is 0 Å². The van der Waals surface area contributed by atoms with Crippen molar-refractivity contribution < 1.29 is 14.6 Å². The van der Waals surface area contributed by atoms with E-state index in [2.05, 4.69) is 30.4 Å². The molecular formula is C27H28N2O3. The van der Waals surface area contributed by atoms with Gasteiger partial charge in [-0.3, -0.25) is 0 Å². The normalized spacial score (nSPS) is 11.1. The van der Waals surface area contributed by atoms with Gasteiger partial charge in [-0.2, -0.15) is 0 Å². The topological polar surface area (TPSA) is 63.5 Å². The molecule has 1 aromatic heterocycles. The molecule has 1 heterocycles. The monoisotopic (exact) mass is 428 g/mol. The van der Waals surface area contributed by atoms with Crippen LogP contribution < -0.4 is 10.1 Å². The standard InChI is InChI=1S/C27H28N2O3/c1-19-9-3-4-11-21(19)18-29-24-13-7-6-12-22(24)23(26(29)27(30)31)17-28-16-15-20-10-5-8-14-25(20)32-2/h3-14,28H,15-18H2,1-2H3,(H,30,31). The van der Waals surface area contributed by atoms with Crippen molar-refractivity contribution >= 4 is 16.9 Å². The fourth-order valence-electron chi connectivity index (χ4n) is 4.27. The largest absolute Gasteiger partial charge is 0.496 e. The summed E-state index contributed by atoms with van der Waals surface area (Å²) in [4.78, 5) is 12.4.